The van der Waals surface area contributed by atoms with E-state index in [1.54, 1.807) is 17.0 Å². The van der Waals surface area contributed by atoms with Crippen LogP contribution >= 0.6 is 23.2 Å². The Bertz CT molecular complexity index is 523. The van der Waals surface area contributed by atoms with Crippen molar-refractivity contribution in [3.05, 3.63) is 28.2 Å². The van der Waals surface area contributed by atoms with Crippen molar-refractivity contribution in [2.45, 2.75) is 0 Å². The maximum absolute atomic E-state index is 5.91. The van der Waals surface area contributed by atoms with E-state index in [1.807, 2.05) is 20.2 Å². The summed E-state index contributed by atoms with van der Waals surface area (Å²) in [5.74, 6) is 1.15. The molecule has 0 aliphatic heterocycles. The van der Waals surface area contributed by atoms with Gasteiger partial charge in [0.05, 0.1) is 10.0 Å². The molecule has 2 rings (SSSR count). The number of hydrogen-bond acceptors (Lipinski definition) is 4. The van der Waals surface area contributed by atoms with Crippen LogP contribution in [0.5, 0.6) is 0 Å². The summed E-state index contributed by atoms with van der Waals surface area (Å²) in [6.07, 6.45) is 0. The molecular weight excluding hydrogens is 261 g/mol. The van der Waals surface area contributed by atoms with Gasteiger partial charge in [-0.15, -0.1) is 5.10 Å². The van der Waals surface area contributed by atoms with Crippen molar-refractivity contribution in [2.24, 2.45) is 0 Å². The molecule has 0 saturated heterocycles. The van der Waals surface area contributed by atoms with Crippen molar-refractivity contribution in [3.63, 3.8) is 0 Å². The van der Waals surface area contributed by atoms with Gasteiger partial charge in [-0.1, -0.05) is 23.2 Å². The molecule has 2 aromatic rings. The normalized spacial score (nSPS) is 10.4. The summed E-state index contributed by atoms with van der Waals surface area (Å²) < 4.78 is 0. The Labute approximate surface area is 109 Å². The number of anilines is 3. The van der Waals surface area contributed by atoms with E-state index in [2.05, 4.69) is 20.5 Å². The largest absolute Gasteiger partial charge is 0.346 e. The molecule has 90 valence electrons. The Kier molecular flexibility index (Phi) is 3.40. The van der Waals surface area contributed by atoms with Gasteiger partial charge in [-0.25, -0.2) is 5.10 Å². The minimum atomic E-state index is 0.490. The molecule has 0 aliphatic carbocycles. The summed E-state index contributed by atoms with van der Waals surface area (Å²) >= 11 is 11.7. The fourth-order valence-corrected chi connectivity index (χ4v) is 1.52. The van der Waals surface area contributed by atoms with Crippen LogP contribution in [0.2, 0.25) is 10.0 Å². The molecule has 5 nitrogen and oxygen atoms in total. The Balaban J connectivity index is 2.16. The highest BCUT2D eigenvalue weighted by Gasteiger charge is 2.05. The zero-order chi connectivity index (χ0) is 12.4. The first-order chi connectivity index (χ1) is 8.06. The van der Waals surface area contributed by atoms with Gasteiger partial charge < -0.3 is 10.2 Å². The first-order valence-electron chi connectivity index (χ1n) is 4.88. The van der Waals surface area contributed by atoms with Gasteiger partial charge in [-0.05, 0) is 18.2 Å². The molecule has 0 amide bonds. The molecule has 2 N–H and O–H groups in total. The summed E-state index contributed by atoms with van der Waals surface area (Å²) in [6, 6.07) is 5.25. The topological polar surface area (TPSA) is 56.8 Å². The molecule has 0 aliphatic rings. The highest BCUT2D eigenvalue weighted by molar-refractivity contribution is 6.42. The van der Waals surface area contributed by atoms with E-state index in [0.29, 0.717) is 21.9 Å². The highest BCUT2D eigenvalue weighted by atomic mass is 35.5. The number of benzene rings is 1. The molecule has 1 aromatic heterocycles. The molecule has 1 heterocycles. The summed E-state index contributed by atoms with van der Waals surface area (Å²) in [4.78, 5) is 6.03. The van der Waals surface area contributed by atoms with Gasteiger partial charge in [0.25, 0.3) is 0 Å². The number of halogens is 2. The molecule has 0 atom stereocenters. The van der Waals surface area contributed by atoms with Crippen LogP contribution < -0.4 is 10.2 Å². The van der Waals surface area contributed by atoms with Gasteiger partial charge in [0.2, 0.25) is 11.9 Å². The third kappa shape index (κ3) is 2.81. The number of aromatic nitrogens is 3. The molecule has 0 bridgehead atoms. The fraction of sp³-hybridized carbons (Fsp3) is 0.200. The molecule has 0 radical (unpaired) electrons. The molecule has 1 aromatic carbocycles. The van der Waals surface area contributed by atoms with E-state index in [0.717, 1.165) is 5.69 Å². The lowest BCUT2D eigenvalue weighted by Gasteiger charge is -2.05. The van der Waals surface area contributed by atoms with Crippen LogP contribution in [-0.4, -0.2) is 29.3 Å². The van der Waals surface area contributed by atoms with E-state index >= 15 is 0 Å². The van der Waals surface area contributed by atoms with Crippen LogP contribution in [-0.2, 0) is 0 Å². The van der Waals surface area contributed by atoms with Gasteiger partial charge in [0, 0.05) is 19.8 Å². The summed E-state index contributed by atoms with van der Waals surface area (Å²) in [6.45, 7) is 0. The van der Waals surface area contributed by atoms with Crippen molar-refractivity contribution >= 4 is 40.8 Å². The van der Waals surface area contributed by atoms with E-state index in [-0.39, 0.29) is 0 Å². The third-order valence-corrected chi connectivity index (χ3v) is 2.79. The van der Waals surface area contributed by atoms with Crippen molar-refractivity contribution in [3.8, 4) is 0 Å². The van der Waals surface area contributed by atoms with Gasteiger partial charge in [0.15, 0.2) is 0 Å². The monoisotopic (exact) mass is 271 g/mol. The van der Waals surface area contributed by atoms with Crippen LogP contribution in [0.3, 0.4) is 0 Å². The van der Waals surface area contributed by atoms with Crippen LogP contribution in [0.4, 0.5) is 17.6 Å². The molecular formula is C10H11Cl2N5. The Morgan fingerprint density at radius 1 is 1.24 bits per heavy atom. The number of hydrogen-bond donors (Lipinski definition) is 2. The number of rotatable bonds is 3. The Morgan fingerprint density at radius 2 is 2.00 bits per heavy atom. The Hall–Kier alpha value is -1.46. The second-order valence-corrected chi connectivity index (χ2v) is 4.45. The van der Waals surface area contributed by atoms with Gasteiger partial charge in [-0.2, -0.15) is 4.98 Å². The Morgan fingerprint density at radius 3 is 2.59 bits per heavy atom. The third-order valence-electron chi connectivity index (χ3n) is 2.06. The van der Waals surface area contributed by atoms with Crippen LogP contribution in [0, 0.1) is 0 Å². The lowest BCUT2D eigenvalue weighted by atomic mass is 10.3. The zero-order valence-electron chi connectivity index (χ0n) is 9.33. The molecule has 7 heteroatoms. The quantitative estimate of drug-likeness (QED) is 0.902. The smallest absolute Gasteiger partial charge is 0.245 e. The van der Waals surface area contributed by atoms with E-state index in [9.17, 15) is 0 Å². The number of H-pyrrole nitrogens is 1. The predicted octanol–water partition coefficient (Wildman–Crippen LogP) is 2.92. The first kappa shape index (κ1) is 12.0. The molecule has 0 spiro atoms. The number of aromatic amines is 1. The maximum atomic E-state index is 5.91. The summed E-state index contributed by atoms with van der Waals surface area (Å²) in [5, 5.41) is 10.9. The van der Waals surface area contributed by atoms with E-state index in [4.69, 9.17) is 23.2 Å². The minimum absolute atomic E-state index is 0.490. The van der Waals surface area contributed by atoms with Gasteiger partial charge in [0.1, 0.15) is 0 Å². The molecule has 0 unspecified atom stereocenters. The first-order valence-corrected chi connectivity index (χ1v) is 5.63. The summed E-state index contributed by atoms with van der Waals surface area (Å²) in [5.41, 5.74) is 0.792. The van der Waals surface area contributed by atoms with Crippen LogP contribution in [0.25, 0.3) is 0 Å². The standard InChI is InChI=1S/C10H11Cl2N5/c1-17(2)10-14-9(15-16-10)13-6-3-4-7(11)8(12)5-6/h3-5H,1-2H3,(H2,13,14,15,16). The average Bonchev–Trinajstić information content (AvgIpc) is 2.72. The van der Waals surface area contributed by atoms with Crippen LogP contribution in [0.15, 0.2) is 18.2 Å². The molecule has 0 saturated carbocycles. The fourth-order valence-electron chi connectivity index (χ4n) is 1.22. The summed E-state index contributed by atoms with van der Waals surface area (Å²) in [7, 11) is 3.73. The maximum Gasteiger partial charge on any atom is 0.245 e. The lowest BCUT2D eigenvalue weighted by molar-refractivity contribution is 0.999. The van der Waals surface area contributed by atoms with E-state index < -0.39 is 0 Å². The average molecular weight is 272 g/mol. The molecule has 17 heavy (non-hydrogen) atoms. The van der Waals surface area contributed by atoms with Crippen molar-refractivity contribution < 1.29 is 0 Å². The van der Waals surface area contributed by atoms with Crippen molar-refractivity contribution in [1.82, 2.24) is 15.2 Å². The SMILES string of the molecule is CN(C)c1n[nH]c(Nc2ccc(Cl)c(Cl)c2)n1. The lowest BCUT2D eigenvalue weighted by Crippen LogP contribution is -2.10. The van der Waals surface area contributed by atoms with Gasteiger partial charge >= 0.3 is 0 Å². The number of nitrogens with zero attached hydrogens (tertiary/aromatic N) is 3. The minimum Gasteiger partial charge on any atom is -0.346 e. The second-order valence-electron chi connectivity index (χ2n) is 3.63. The predicted molar refractivity (Wildman–Crippen MR) is 70.5 cm³/mol. The van der Waals surface area contributed by atoms with Crippen LogP contribution in [0.1, 0.15) is 0 Å². The highest BCUT2D eigenvalue weighted by Crippen LogP contribution is 2.26. The van der Waals surface area contributed by atoms with E-state index in [1.165, 1.54) is 0 Å². The van der Waals surface area contributed by atoms with Gasteiger partial charge in [-0.3, -0.25) is 0 Å². The second kappa shape index (κ2) is 4.81. The molecule has 0 fully saturated rings. The van der Waals surface area contributed by atoms with Crippen molar-refractivity contribution in [1.29, 1.82) is 0 Å². The zero-order valence-corrected chi connectivity index (χ0v) is 10.8. The van der Waals surface area contributed by atoms with Crippen molar-refractivity contribution in [2.75, 3.05) is 24.3 Å². The number of nitrogens with one attached hydrogen (secondary N) is 2.